The summed E-state index contributed by atoms with van der Waals surface area (Å²) in [6.45, 7) is 1.99. The Balaban J connectivity index is 1.22. The zero-order valence-corrected chi connectivity index (χ0v) is 20.9. The van der Waals surface area contributed by atoms with E-state index in [2.05, 4.69) is 38.7 Å². The first kappa shape index (κ1) is 23.5. The van der Waals surface area contributed by atoms with Crippen molar-refractivity contribution in [3.63, 3.8) is 0 Å². The van der Waals surface area contributed by atoms with E-state index < -0.39 is 5.41 Å². The highest BCUT2D eigenvalue weighted by Crippen LogP contribution is 2.38. The first-order valence-corrected chi connectivity index (χ1v) is 13.2. The first-order valence-electron chi connectivity index (χ1n) is 13.2. The van der Waals surface area contributed by atoms with Gasteiger partial charge in [0.2, 0.25) is 5.91 Å². The molecule has 2 fully saturated rings. The van der Waals surface area contributed by atoms with Crippen molar-refractivity contribution in [1.82, 2.24) is 15.6 Å². The molecule has 4 bridgehead atoms. The van der Waals surface area contributed by atoms with E-state index in [-0.39, 0.29) is 11.8 Å². The monoisotopic (exact) mass is 496 g/mol. The zero-order valence-electron chi connectivity index (χ0n) is 20.9. The molecule has 0 atom stereocenters. The van der Waals surface area contributed by atoms with Crippen LogP contribution in [-0.4, -0.2) is 42.5 Å². The molecule has 7 nitrogen and oxygen atoms in total. The van der Waals surface area contributed by atoms with Gasteiger partial charge in [0.15, 0.2) is 0 Å². The molecule has 3 aromatic rings. The Hall–Kier alpha value is -3.87. The van der Waals surface area contributed by atoms with Crippen LogP contribution < -0.4 is 20.3 Å². The van der Waals surface area contributed by atoms with Crippen molar-refractivity contribution in [3.05, 3.63) is 83.6 Å². The second-order valence-corrected chi connectivity index (χ2v) is 10.5. The number of pyridine rings is 1. The van der Waals surface area contributed by atoms with E-state index in [1.54, 1.807) is 12.3 Å². The number of nitrogens with zero attached hydrogens (tertiary/aromatic N) is 2. The highest BCUT2D eigenvalue weighted by molar-refractivity contribution is 5.95. The Morgan fingerprint density at radius 3 is 2.49 bits per heavy atom. The summed E-state index contributed by atoms with van der Waals surface area (Å²) >= 11 is 0. The fraction of sp³-hybridized carbons (Fsp3) is 0.367. The molecule has 2 aliphatic heterocycles. The number of hydrogen-bond acceptors (Lipinski definition) is 5. The maximum atomic E-state index is 13.7. The number of amides is 2. The second-order valence-electron chi connectivity index (χ2n) is 10.5. The van der Waals surface area contributed by atoms with Gasteiger partial charge in [0.25, 0.3) is 5.91 Å². The average Bonchev–Trinajstić information content (AvgIpc) is 3.73. The molecule has 0 unspecified atom stereocenters. The van der Waals surface area contributed by atoms with Gasteiger partial charge in [-0.25, -0.2) is 4.98 Å². The number of aromatic nitrogens is 1. The summed E-state index contributed by atoms with van der Waals surface area (Å²) in [5, 5.41) is 6.28. The van der Waals surface area contributed by atoms with Crippen LogP contribution >= 0.6 is 0 Å². The average molecular weight is 497 g/mol. The second kappa shape index (κ2) is 9.88. The first-order chi connectivity index (χ1) is 18.1. The van der Waals surface area contributed by atoms with Crippen molar-refractivity contribution in [2.24, 2.45) is 5.41 Å². The third-order valence-electron chi connectivity index (χ3n) is 7.72. The largest absolute Gasteiger partial charge is 0.457 e. The molecule has 190 valence electrons. The number of hydrogen-bond donors (Lipinski definition) is 2. The van der Waals surface area contributed by atoms with Crippen LogP contribution in [0.3, 0.4) is 0 Å². The van der Waals surface area contributed by atoms with Crippen LogP contribution in [0, 0.1) is 5.41 Å². The molecule has 1 aromatic heterocycles. The summed E-state index contributed by atoms with van der Waals surface area (Å²) in [6, 6.07) is 20.1. The lowest BCUT2D eigenvalue weighted by Crippen LogP contribution is -2.50. The fourth-order valence-electron chi connectivity index (χ4n) is 5.40. The summed E-state index contributed by atoms with van der Waals surface area (Å²) < 4.78 is 6.15. The third kappa shape index (κ3) is 5.31. The molecule has 0 radical (unpaired) electrons. The highest BCUT2D eigenvalue weighted by Gasteiger charge is 2.41. The lowest BCUT2D eigenvalue weighted by atomic mass is 9.73. The van der Waals surface area contributed by atoms with Gasteiger partial charge in [0.05, 0.1) is 5.41 Å². The van der Waals surface area contributed by atoms with Gasteiger partial charge in [-0.1, -0.05) is 24.3 Å². The number of carbonyl (C=O) groups is 2. The van der Waals surface area contributed by atoms with Gasteiger partial charge in [-0.3, -0.25) is 9.59 Å². The van der Waals surface area contributed by atoms with E-state index >= 15 is 0 Å². The molecule has 6 rings (SSSR count). The van der Waals surface area contributed by atoms with E-state index in [1.165, 1.54) is 0 Å². The van der Waals surface area contributed by atoms with Crippen LogP contribution in [0.15, 0.2) is 66.9 Å². The summed E-state index contributed by atoms with van der Waals surface area (Å²) in [6.07, 6.45) is 6.63. The van der Waals surface area contributed by atoms with E-state index in [9.17, 15) is 9.59 Å². The van der Waals surface area contributed by atoms with Crippen molar-refractivity contribution in [2.75, 3.05) is 24.5 Å². The topological polar surface area (TPSA) is 83.6 Å². The van der Waals surface area contributed by atoms with Crippen molar-refractivity contribution in [3.8, 4) is 11.5 Å². The Morgan fingerprint density at radius 1 is 1.00 bits per heavy atom. The molecular weight excluding hydrogens is 464 g/mol. The van der Waals surface area contributed by atoms with Crippen LogP contribution in [0.2, 0.25) is 0 Å². The number of rotatable bonds is 3. The molecule has 37 heavy (non-hydrogen) atoms. The molecule has 1 saturated heterocycles. The van der Waals surface area contributed by atoms with Crippen LogP contribution in [0.5, 0.6) is 11.5 Å². The lowest BCUT2D eigenvalue weighted by molar-refractivity contribution is -0.132. The van der Waals surface area contributed by atoms with Gasteiger partial charge in [0, 0.05) is 37.4 Å². The predicted molar refractivity (Wildman–Crippen MR) is 142 cm³/mol. The molecule has 7 heteroatoms. The number of ether oxygens (including phenoxy) is 1. The summed E-state index contributed by atoms with van der Waals surface area (Å²) in [5.74, 6) is 2.45. The summed E-state index contributed by atoms with van der Waals surface area (Å²) in [4.78, 5) is 33.0. The normalized spacial score (nSPS) is 19.0. The Labute approximate surface area is 217 Å². The summed E-state index contributed by atoms with van der Waals surface area (Å²) in [5.41, 5.74) is 2.35. The van der Waals surface area contributed by atoms with Gasteiger partial charge in [-0.05, 0) is 86.1 Å². The SMILES string of the molecule is O=C(NC1CC1)c1ccnc(N2CCC3(CC2)Cc2cccc(c2)Oc2cccc(c2)CCNC3=O)c1. The Morgan fingerprint density at radius 2 is 1.73 bits per heavy atom. The van der Waals surface area contributed by atoms with Crippen LogP contribution in [0.25, 0.3) is 0 Å². The molecule has 1 spiro atoms. The molecule has 3 aliphatic rings. The van der Waals surface area contributed by atoms with E-state index in [1.807, 2.05) is 36.4 Å². The zero-order chi connectivity index (χ0) is 25.2. The maximum Gasteiger partial charge on any atom is 0.251 e. The number of piperidine rings is 1. The smallest absolute Gasteiger partial charge is 0.251 e. The molecule has 2 N–H and O–H groups in total. The van der Waals surface area contributed by atoms with Gasteiger partial charge in [-0.2, -0.15) is 0 Å². The van der Waals surface area contributed by atoms with Crippen LogP contribution in [0.4, 0.5) is 5.82 Å². The number of nitrogens with one attached hydrogen (secondary N) is 2. The van der Waals surface area contributed by atoms with E-state index in [0.29, 0.717) is 50.5 Å². The van der Waals surface area contributed by atoms with Crippen LogP contribution in [-0.2, 0) is 17.6 Å². The number of anilines is 1. The molecule has 1 saturated carbocycles. The third-order valence-corrected chi connectivity index (χ3v) is 7.72. The number of benzene rings is 2. The fourth-order valence-corrected chi connectivity index (χ4v) is 5.40. The number of fused-ring (bicyclic) bond motifs is 4. The molecule has 2 amide bonds. The highest BCUT2D eigenvalue weighted by atomic mass is 16.5. The van der Waals surface area contributed by atoms with Crippen molar-refractivity contribution < 1.29 is 14.3 Å². The van der Waals surface area contributed by atoms with Crippen LogP contribution in [0.1, 0.15) is 47.2 Å². The standard InChI is InChI=1S/C30H32N4O3/c35-28(33-24-7-8-24)23-10-14-31-27(19-23)34-15-11-30(12-16-34)20-22-4-2-6-26(18-22)37-25-5-1-3-21(17-25)9-13-32-29(30)36/h1-6,10,14,17-19,24H,7-9,11-13,15-16,20H2,(H,32,36)(H,33,35). The molecular formula is C30H32N4O3. The molecule has 2 aromatic carbocycles. The Bertz CT molecular complexity index is 1310. The number of carbonyl (C=O) groups excluding carboxylic acids is 2. The van der Waals surface area contributed by atoms with Crippen molar-refractivity contribution in [1.29, 1.82) is 0 Å². The van der Waals surface area contributed by atoms with Gasteiger partial charge < -0.3 is 20.3 Å². The molecule has 3 heterocycles. The lowest BCUT2D eigenvalue weighted by Gasteiger charge is -2.41. The van der Waals surface area contributed by atoms with E-state index in [0.717, 1.165) is 47.7 Å². The van der Waals surface area contributed by atoms with Gasteiger partial charge >= 0.3 is 0 Å². The van der Waals surface area contributed by atoms with Crippen molar-refractivity contribution >= 4 is 17.6 Å². The summed E-state index contributed by atoms with van der Waals surface area (Å²) in [7, 11) is 0. The quantitative estimate of drug-likeness (QED) is 0.566. The van der Waals surface area contributed by atoms with Crippen molar-refractivity contribution in [2.45, 2.75) is 44.6 Å². The minimum absolute atomic E-state index is 0.0402. The Kier molecular flexibility index (Phi) is 6.28. The molecule has 1 aliphatic carbocycles. The predicted octanol–water partition coefficient (Wildman–Crippen LogP) is 4.27. The van der Waals surface area contributed by atoms with Gasteiger partial charge in [0.1, 0.15) is 17.3 Å². The minimum Gasteiger partial charge on any atom is -0.457 e. The minimum atomic E-state index is -0.511. The maximum absolute atomic E-state index is 13.7. The van der Waals surface area contributed by atoms with E-state index in [4.69, 9.17) is 4.74 Å². The van der Waals surface area contributed by atoms with Gasteiger partial charge in [-0.15, -0.1) is 0 Å².